The third-order valence-electron chi connectivity index (χ3n) is 1.25. The molecule has 6 nitrogen and oxygen atoms in total. The quantitative estimate of drug-likeness (QED) is 0.691. The molecule has 3 N–H and O–H groups in total. The molecule has 0 spiro atoms. The summed E-state index contributed by atoms with van der Waals surface area (Å²) in [5.74, 6) is -1.69. The topological polar surface area (TPSA) is 91.4 Å². The summed E-state index contributed by atoms with van der Waals surface area (Å²) in [5.41, 5.74) is 2.25. The Kier molecular flexibility index (Phi) is 3.66. The second-order valence-corrected chi connectivity index (χ2v) is 3.26. The molecular weight excluding hydrogens is 256 g/mol. The number of nitrogens with one attached hydrogen (secondary N) is 2. The van der Waals surface area contributed by atoms with Crippen LogP contribution in [0, 0.1) is 0 Å². The third-order valence-corrected chi connectivity index (χ3v) is 1.71. The van der Waals surface area contributed by atoms with E-state index >= 15 is 0 Å². The van der Waals surface area contributed by atoms with Crippen molar-refractivity contribution in [3.63, 3.8) is 0 Å². The van der Waals surface area contributed by atoms with E-state index in [-0.39, 0.29) is 5.69 Å². The molecule has 1 amide bonds. The van der Waals surface area contributed by atoms with Gasteiger partial charge in [-0.15, -0.1) is 0 Å². The van der Waals surface area contributed by atoms with E-state index in [1.54, 1.807) is 12.3 Å². The van der Waals surface area contributed by atoms with Crippen molar-refractivity contribution >= 4 is 27.8 Å². The Morgan fingerprint density at radius 3 is 2.86 bits per heavy atom. The molecule has 0 aromatic carbocycles. The molecule has 76 valence electrons. The normalized spacial score (nSPS) is 9.79. The Bertz CT molecular complexity index is 349. The lowest BCUT2D eigenvalue weighted by Gasteiger charge is -2.00. The fraction of sp³-hybridized carbons (Fsp3) is 0.143. The van der Waals surface area contributed by atoms with E-state index in [0.717, 1.165) is 4.47 Å². The molecule has 1 heterocycles. The van der Waals surface area contributed by atoms with Crippen LogP contribution >= 0.6 is 15.9 Å². The van der Waals surface area contributed by atoms with Crippen molar-refractivity contribution in [2.75, 3.05) is 6.61 Å². The van der Waals surface area contributed by atoms with Crippen molar-refractivity contribution in [2.45, 2.75) is 0 Å². The Balaban J connectivity index is 2.39. The minimum absolute atomic E-state index is 0.280. The lowest BCUT2D eigenvalue weighted by atomic mass is 10.4. The first-order valence-corrected chi connectivity index (χ1v) is 4.36. The molecule has 0 radical (unpaired) electrons. The first-order valence-electron chi connectivity index (χ1n) is 3.57. The van der Waals surface area contributed by atoms with E-state index in [1.165, 1.54) is 0 Å². The van der Waals surface area contributed by atoms with Gasteiger partial charge in [-0.1, -0.05) is 0 Å². The highest BCUT2D eigenvalue weighted by molar-refractivity contribution is 9.10. The van der Waals surface area contributed by atoms with Gasteiger partial charge >= 0.3 is 5.97 Å². The van der Waals surface area contributed by atoms with Gasteiger partial charge in [0.2, 0.25) is 0 Å². The van der Waals surface area contributed by atoms with Crippen LogP contribution in [0.3, 0.4) is 0 Å². The predicted molar refractivity (Wildman–Crippen MR) is 49.5 cm³/mol. The summed E-state index contributed by atoms with van der Waals surface area (Å²) in [5, 5.41) is 8.21. The van der Waals surface area contributed by atoms with Crippen LogP contribution in [0.4, 0.5) is 0 Å². The number of carbonyl (C=O) groups is 2. The van der Waals surface area contributed by atoms with Gasteiger partial charge < -0.3 is 10.1 Å². The van der Waals surface area contributed by atoms with Crippen LogP contribution in [0.1, 0.15) is 10.5 Å². The van der Waals surface area contributed by atoms with Gasteiger partial charge in [0.25, 0.3) is 5.91 Å². The average Bonchev–Trinajstić information content (AvgIpc) is 2.51. The molecule has 14 heavy (non-hydrogen) atoms. The molecule has 0 aliphatic carbocycles. The maximum atomic E-state index is 11.2. The molecule has 0 fully saturated rings. The molecule has 0 atom stereocenters. The number of hydroxylamine groups is 1. The summed E-state index contributed by atoms with van der Waals surface area (Å²) < 4.78 is 0.723. The van der Waals surface area contributed by atoms with Gasteiger partial charge in [-0.25, -0.2) is 10.3 Å². The molecule has 7 heteroatoms. The van der Waals surface area contributed by atoms with Crippen molar-refractivity contribution < 1.29 is 19.5 Å². The highest BCUT2D eigenvalue weighted by Crippen LogP contribution is 2.09. The van der Waals surface area contributed by atoms with E-state index in [1.807, 2.05) is 5.48 Å². The molecule has 0 bridgehead atoms. The molecule has 0 saturated carbocycles. The Morgan fingerprint density at radius 2 is 2.36 bits per heavy atom. The second-order valence-electron chi connectivity index (χ2n) is 2.35. The first kappa shape index (κ1) is 10.7. The number of carboxylic acids is 1. The summed E-state index contributed by atoms with van der Waals surface area (Å²) in [4.78, 5) is 28.2. The average molecular weight is 263 g/mol. The minimum Gasteiger partial charge on any atom is -0.479 e. The van der Waals surface area contributed by atoms with Gasteiger partial charge in [0.05, 0.1) is 0 Å². The fourth-order valence-electron chi connectivity index (χ4n) is 0.717. The molecule has 0 unspecified atom stereocenters. The van der Waals surface area contributed by atoms with Crippen LogP contribution in [-0.4, -0.2) is 28.6 Å². The van der Waals surface area contributed by atoms with E-state index in [2.05, 4.69) is 25.8 Å². The summed E-state index contributed by atoms with van der Waals surface area (Å²) >= 11 is 3.15. The van der Waals surface area contributed by atoms with Gasteiger partial charge in [-0.3, -0.25) is 9.63 Å². The molecule has 1 aromatic rings. The Morgan fingerprint density at radius 1 is 1.64 bits per heavy atom. The highest BCUT2D eigenvalue weighted by atomic mass is 79.9. The lowest BCUT2D eigenvalue weighted by Crippen LogP contribution is -2.26. The van der Waals surface area contributed by atoms with Crippen LogP contribution in [0.15, 0.2) is 16.7 Å². The molecule has 1 rings (SSSR count). The molecule has 1 aromatic heterocycles. The number of halogens is 1. The third kappa shape index (κ3) is 3.19. The number of rotatable bonds is 4. The van der Waals surface area contributed by atoms with Crippen molar-refractivity contribution in [3.05, 3.63) is 22.4 Å². The SMILES string of the molecule is O=C(O)CONC(=O)c1cc(Br)c[nH]1. The first-order chi connectivity index (χ1) is 6.59. The van der Waals surface area contributed by atoms with Crippen LogP contribution in [-0.2, 0) is 9.63 Å². The van der Waals surface area contributed by atoms with Gasteiger partial charge in [0, 0.05) is 10.7 Å². The van der Waals surface area contributed by atoms with E-state index in [9.17, 15) is 9.59 Å². The highest BCUT2D eigenvalue weighted by Gasteiger charge is 2.08. The lowest BCUT2D eigenvalue weighted by molar-refractivity contribution is -0.144. The van der Waals surface area contributed by atoms with Crippen LogP contribution in [0.5, 0.6) is 0 Å². The summed E-state index contributed by atoms with van der Waals surface area (Å²) in [6, 6.07) is 1.54. The van der Waals surface area contributed by atoms with E-state index in [0.29, 0.717) is 0 Å². The van der Waals surface area contributed by atoms with Crippen molar-refractivity contribution in [1.29, 1.82) is 0 Å². The van der Waals surface area contributed by atoms with E-state index < -0.39 is 18.5 Å². The number of aromatic nitrogens is 1. The zero-order chi connectivity index (χ0) is 10.6. The zero-order valence-corrected chi connectivity index (χ0v) is 8.50. The van der Waals surface area contributed by atoms with E-state index in [4.69, 9.17) is 5.11 Å². The smallest absolute Gasteiger partial charge is 0.332 e. The maximum Gasteiger partial charge on any atom is 0.332 e. The number of hydrogen-bond donors (Lipinski definition) is 3. The molecule has 0 saturated heterocycles. The number of carbonyl (C=O) groups excluding carboxylic acids is 1. The number of carboxylic acid groups (broad SMARTS) is 1. The van der Waals surface area contributed by atoms with Crippen molar-refractivity contribution in [3.8, 4) is 0 Å². The van der Waals surface area contributed by atoms with Crippen LogP contribution < -0.4 is 5.48 Å². The standard InChI is InChI=1S/C7H7BrN2O4/c8-4-1-5(9-2-4)7(13)10-14-3-6(11)12/h1-2,9H,3H2,(H,10,13)(H,11,12). The van der Waals surface area contributed by atoms with Crippen molar-refractivity contribution in [1.82, 2.24) is 10.5 Å². The van der Waals surface area contributed by atoms with Gasteiger partial charge in [-0.2, -0.15) is 0 Å². The number of aromatic amines is 1. The summed E-state index contributed by atoms with van der Waals surface area (Å²) in [7, 11) is 0. The number of aliphatic carboxylic acids is 1. The maximum absolute atomic E-state index is 11.2. The monoisotopic (exact) mass is 262 g/mol. The minimum atomic E-state index is -1.15. The van der Waals surface area contributed by atoms with Gasteiger partial charge in [0.15, 0.2) is 6.61 Å². The number of H-pyrrole nitrogens is 1. The fourth-order valence-corrected chi connectivity index (χ4v) is 1.06. The molecule has 0 aliphatic rings. The summed E-state index contributed by atoms with van der Waals surface area (Å²) in [6.07, 6.45) is 1.58. The number of amides is 1. The van der Waals surface area contributed by atoms with Gasteiger partial charge in [0.1, 0.15) is 5.69 Å². The van der Waals surface area contributed by atoms with Crippen LogP contribution in [0.2, 0.25) is 0 Å². The Hall–Kier alpha value is -1.34. The second kappa shape index (κ2) is 4.77. The largest absolute Gasteiger partial charge is 0.479 e. The van der Waals surface area contributed by atoms with Crippen LogP contribution in [0.25, 0.3) is 0 Å². The number of hydrogen-bond acceptors (Lipinski definition) is 3. The summed E-state index contributed by atoms with van der Waals surface area (Å²) in [6.45, 7) is -0.576. The molecular formula is C7H7BrN2O4. The van der Waals surface area contributed by atoms with Crippen molar-refractivity contribution in [2.24, 2.45) is 0 Å². The zero-order valence-electron chi connectivity index (χ0n) is 6.91. The molecule has 0 aliphatic heterocycles. The Labute approximate surface area is 87.3 Å². The van der Waals surface area contributed by atoms with Gasteiger partial charge in [-0.05, 0) is 22.0 Å². The predicted octanol–water partition coefficient (Wildman–Crippen LogP) is 0.523.